The van der Waals surface area contributed by atoms with Crippen LogP contribution in [0.1, 0.15) is 45.4 Å². The molecule has 0 heterocycles. The van der Waals surface area contributed by atoms with Gasteiger partial charge in [0.05, 0.1) is 0 Å². The number of hydrogen-bond donors (Lipinski definition) is 0. The van der Waals surface area contributed by atoms with Crippen LogP contribution in [0, 0.1) is 17.8 Å². The van der Waals surface area contributed by atoms with E-state index >= 15 is 0 Å². The number of allylic oxidation sites excluding steroid dienone is 4. The van der Waals surface area contributed by atoms with E-state index in [1.54, 1.807) is 0 Å². The molecular formula is C15H20O. The quantitative estimate of drug-likeness (QED) is 0.565. The highest BCUT2D eigenvalue weighted by molar-refractivity contribution is 5.99. The lowest BCUT2D eigenvalue weighted by Gasteiger charge is -2.39. The fraction of sp³-hybridized carbons (Fsp3) is 0.667. The van der Waals surface area contributed by atoms with Gasteiger partial charge in [-0.25, -0.2) is 0 Å². The monoisotopic (exact) mass is 216 g/mol. The van der Waals surface area contributed by atoms with E-state index in [-0.39, 0.29) is 0 Å². The third kappa shape index (κ3) is 1.57. The molecule has 1 saturated carbocycles. The smallest absolute Gasteiger partial charge is 0.162 e. The molecule has 0 radical (unpaired) electrons. The summed E-state index contributed by atoms with van der Waals surface area (Å²) < 4.78 is 0. The molecule has 1 heteroatoms. The standard InChI is InChI=1S/C15H20O/c1-10-6-7-14-12(8-10)9-11-4-2-3-5-13(11)15(14)16/h2-3,10,12,14H,4-9H2,1H3. The zero-order chi connectivity index (χ0) is 11.1. The van der Waals surface area contributed by atoms with Crippen molar-refractivity contribution in [3.8, 4) is 0 Å². The van der Waals surface area contributed by atoms with Gasteiger partial charge in [0.25, 0.3) is 0 Å². The SMILES string of the molecule is CC1CCC2C(=O)C3=C(CC=CC3)CC2C1. The van der Waals surface area contributed by atoms with Gasteiger partial charge in [-0.05, 0) is 55.9 Å². The Morgan fingerprint density at radius 1 is 1.19 bits per heavy atom. The van der Waals surface area contributed by atoms with Gasteiger partial charge in [0, 0.05) is 5.92 Å². The molecule has 1 nitrogen and oxygen atoms in total. The first-order chi connectivity index (χ1) is 7.75. The zero-order valence-electron chi connectivity index (χ0n) is 10.0. The molecular weight excluding hydrogens is 196 g/mol. The number of carbonyl (C=O) groups excluding carboxylic acids is 1. The van der Waals surface area contributed by atoms with Gasteiger partial charge >= 0.3 is 0 Å². The predicted octanol–water partition coefficient (Wildman–Crippen LogP) is 3.66. The second-order valence-corrected chi connectivity index (χ2v) is 5.81. The fourth-order valence-corrected chi connectivity index (χ4v) is 3.79. The van der Waals surface area contributed by atoms with E-state index in [1.165, 1.54) is 30.4 Å². The Hall–Kier alpha value is -0.850. The second kappa shape index (κ2) is 3.87. The number of carbonyl (C=O) groups is 1. The van der Waals surface area contributed by atoms with Crippen molar-refractivity contribution in [3.05, 3.63) is 23.3 Å². The molecule has 0 aromatic carbocycles. The highest BCUT2D eigenvalue weighted by atomic mass is 16.1. The van der Waals surface area contributed by atoms with E-state index < -0.39 is 0 Å². The van der Waals surface area contributed by atoms with Crippen molar-refractivity contribution in [1.82, 2.24) is 0 Å². The van der Waals surface area contributed by atoms with Crippen LogP contribution in [0.3, 0.4) is 0 Å². The molecule has 0 saturated heterocycles. The summed E-state index contributed by atoms with van der Waals surface area (Å²) in [6.07, 6.45) is 11.2. The fourth-order valence-electron chi connectivity index (χ4n) is 3.79. The van der Waals surface area contributed by atoms with E-state index in [0.717, 1.165) is 25.2 Å². The van der Waals surface area contributed by atoms with Gasteiger partial charge in [-0.1, -0.05) is 24.6 Å². The first-order valence-electron chi connectivity index (χ1n) is 6.66. The zero-order valence-corrected chi connectivity index (χ0v) is 10.0. The highest BCUT2D eigenvalue weighted by Gasteiger charge is 2.39. The van der Waals surface area contributed by atoms with Crippen molar-refractivity contribution in [2.45, 2.75) is 45.4 Å². The van der Waals surface area contributed by atoms with Crippen molar-refractivity contribution in [3.63, 3.8) is 0 Å². The average Bonchev–Trinajstić information content (AvgIpc) is 2.29. The van der Waals surface area contributed by atoms with Crippen LogP contribution >= 0.6 is 0 Å². The molecule has 0 bridgehead atoms. The molecule has 0 spiro atoms. The Balaban J connectivity index is 1.88. The maximum absolute atomic E-state index is 12.4. The molecule has 0 aliphatic heterocycles. The van der Waals surface area contributed by atoms with Gasteiger partial charge in [-0.3, -0.25) is 4.79 Å². The maximum Gasteiger partial charge on any atom is 0.162 e. The predicted molar refractivity (Wildman–Crippen MR) is 65.0 cm³/mol. The van der Waals surface area contributed by atoms with Gasteiger partial charge in [-0.15, -0.1) is 0 Å². The van der Waals surface area contributed by atoms with Crippen LogP contribution in [0.5, 0.6) is 0 Å². The number of ketones is 1. The Bertz CT molecular complexity index is 375. The van der Waals surface area contributed by atoms with Gasteiger partial charge in [0.15, 0.2) is 5.78 Å². The van der Waals surface area contributed by atoms with E-state index in [1.807, 2.05) is 0 Å². The van der Waals surface area contributed by atoms with Crippen LogP contribution in [-0.2, 0) is 4.79 Å². The Morgan fingerprint density at radius 2 is 2.00 bits per heavy atom. The molecule has 16 heavy (non-hydrogen) atoms. The van der Waals surface area contributed by atoms with E-state index in [0.29, 0.717) is 17.6 Å². The van der Waals surface area contributed by atoms with Crippen LogP contribution in [0.2, 0.25) is 0 Å². The van der Waals surface area contributed by atoms with Gasteiger partial charge < -0.3 is 0 Å². The summed E-state index contributed by atoms with van der Waals surface area (Å²) in [6.45, 7) is 2.34. The summed E-state index contributed by atoms with van der Waals surface area (Å²) in [5.41, 5.74) is 2.64. The number of hydrogen-bond acceptors (Lipinski definition) is 1. The van der Waals surface area contributed by atoms with Crippen molar-refractivity contribution in [2.24, 2.45) is 17.8 Å². The van der Waals surface area contributed by atoms with Crippen LogP contribution in [0.25, 0.3) is 0 Å². The third-order valence-corrected chi connectivity index (χ3v) is 4.67. The lowest BCUT2D eigenvalue weighted by atomic mass is 9.64. The Kier molecular flexibility index (Phi) is 2.49. The van der Waals surface area contributed by atoms with E-state index in [9.17, 15) is 4.79 Å². The second-order valence-electron chi connectivity index (χ2n) is 5.81. The molecule has 0 aromatic rings. The lowest BCUT2D eigenvalue weighted by Crippen LogP contribution is -2.35. The Morgan fingerprint density at radius 3 is 2.88 bits per heavy atom. The molecule has 0 amide bonds. The van der Waals surface area contributed by atoms with Crippen LogP contribution in [0.15, 0.2) is 23.3 Å². The summed E-state index contributed by atoms with van der Waals surface area (Å²) in [6, 6.07) is 0. The van der Waals surface area contributed by atoms with Gasteiger partial charge in [0.2, 0.25) is 0 Å². The number of Topliss-reactive ketones (excluding diaryl/α,β-unsaturated/α-hetero) is 1. The van der Waals surface area contributed by atoms with Gasteiger partial charge in [0.1, 0.15) is 0 Å². The van der Waals surface area contributed by atoms with Crippen molar-refractivity contribution in [1.29, 1.82) is 0 Å². The normalized spacial score (nSPS) is 38.3. The minimum Gasteiger partial charge on any atom is -0.294 e. The average molecular weight is 216 g/mol. The summed E-state index contributed by atoms with van der Waals surface area (Å²) >= 11 is 0. The molecule has 1 fully saturated rings. The lowest BCUT2D eigenvalue weighted by molar-refractivity contribution is -0.123. The van der Waals surface area contributed by atoms with E-state index in [2.05, 4.69) is 19.1 Å². The topological polar surface area (TPSA) is 17.1 Å². The molecule has 0 N–H and O–H groups in total. The van der Waals surface area contributed by atoms with Crippen molar-refractivity contribution < 1.29 is 4.79 Å². The summed E-state index contributed by atoms with van der Waals surface area (Å²) in [5, 5.41) is 0. The first kappa shape index (κ1) is 10.3. The number of rotatable bonds is 0. The molecule has 0 aromatic heterocycles. The summed E-state index contributed by atoms with van der Waals surface area (Å²) in [7, 11) is 0. The van der Waals surface area contributed by atoms with Crippen LogP contribution in [-0.4, -0.2) is 5.78 Å². The number of fused-ring (bicyclic) bond motifs is 1. The first-order valence-corrected chi connectivity index (χ1v) is 6.66. The van der Waals surface area contributed by atoms with Gasteiger partial charge in [-0.2, -0.15) is 0 Å². The maximum atomic E-state index is 12.4. The molecule has 3 atom stereocenters. The molecule has 86 valence electrons. The van der Waals surface area contributed by atoms with Crippen molar-refractivity contribution in [2.75, 3.05) is 0 Å². The van der Waals surface area contributed by atoms with E-state index in [4.69, 9.17) is 0 Å². The largest absolute Gasteiger partial charge is 0.294 e. The van der Waals surface area contributed by atoms with Crippen molar-refractivity contribution >= 4 is 5.78 Å². The van der Waals surface area contributed by atoms with Crippen LogP contribution < -0.4 is 0 Å². The summed E-state index contributed by atoms with van der Waals surface area (Å²) in [4.78, 5) is 12.4. The molecule has 3 aliphatic rings. The molecule has 3 rings (SSSR count). The summed E-state index contributed by atoms with van der Waals surface area (Å²) in [5.74, 6) is 2.38. The molecule has 3 aliphatic carbocycles. The van der Waals surface area contributed by atoms with Crippen LogP contribution in [0.4, 0.5) is 0 Å². The Labute approximate surface area is 97.6 Å². The third-order valence-electron chi connectivity index (χ3n) is 4.67. The minimum absolute atomic E-state index is 0.376. The highest BCUT2D eigenvalue weighted by Crippen LogP contribution is 2.45. The minimum atomic E-state index is 0.376. The molecule has 3 unspecified atom stereocenters.